The number of hydrogen-bond donors (Lipinski definition) is 1. The largest absolute Gasteiger partial charge is 0.459 e. The van der Waals surface area contributed by atoms with Gasteiger partial charge in [-0.2, -0.15) is 0 Å². The Hall–Kier alpha value is -4.27. The number of aryl methyl sites for hydroxylation is 3. The predicted molar refractivity (Wildman–Crippen MR) is 150 cm³/mol. The van der Waals surface area contributed by atoms with Gasteiger partial charge >= 0.3 is 12.0 Å². The number of nitrogens with one attached hydrogen (secondary N) is 1. The van der Waals surface area contributed by atoms with E-state index in [-0.39, 0.29) is 29.4 Å². The first kappa shape index (κ1) is 27.8. The van der Waals surface area contributed by atoms with Gasteiger partial charge in [0, 0.05) is 36.9 Å². The van der Waals surface area contributed by atoms with Crippen molar-refractivity contribution < 1.29 is 19.1 Å². The lowest BCUT2D eigenvalue weighted by atomic mass is 10.1. The van der Waals surface area contributed by atoms with Gasteiger partial charge in [0.15, 0.2) is 5.82 Å². The van der Waals surface area contributed by atoms with Gasteiger partial charge in [0.05, 0.1) is 11.8 Å². The van der Waals surface area contributed by atoms with Crippen LogP contribution in [-0.4, -0.2) is 69.5 Å². The number of anilines is 1. The number of nitrogens with zero attached hydrogens (tertiary/aromatic N) is 4. The number of urea groups is 1. The van der Waals surface area contributed by atoms with Crippen molar-refractivity contribution in [3.8, 4) is 11.4 Å². The lowest BCUT2D eigenvalue weighted by Gasteiger charge is -2.40. The Kier molecular flexibility index (Phi) is 8.28. The fourth-order valence-electron chi connectivity index (χ4n) is 4.75. The van der Waals surface area contributed by atoms with Gasteiger partial charge in [-0.15, -0.1) is 0 Å². The summed E-state index contributed by atoms with van der Waals surface area (Å²) in [6, 6.07) is 14.7. The first-order chi connectivity index (χ1) is 18.6. The minimum absolute atomic E-state index is 0.00707. The topological polar surface area (TPSA) is 105 Å². The highest BCUT2D eigenvalue weighted by Crippen LogP contribution is 2.24. The number of esters is 1. The van der Waals surface area contributed by atoms with E-state index in [1.165, 1.54) is 0 Å². The first-order valence-corrected chi connectivity index (χ1v) is 13.1. The molecule has 2 aromatic carbocycles. The summed E-state index contributed by atoms with van der Waals surface area (Å²) in [5.41, 5.74) is 3.95. The highest BCUT2D eigenvalue weighted by Gasteiger charge is 2.34. The van der Waals surface area contributed by atoms with Crippen LogP contribution in [0.1, 0.15) is 58.4 Å². The molecule has 204 valence electrons. The standard InChI is InChI=1S/C30H35N5O4/c1-18(2)39-29(37)24-22(6)31-27(23-13-8-7-9-14-23)32-26(24)28(36)34-15-16-35(21(5)17-34)30(38)33-25-19(3)11-10-12-20(25)4/h7-14,18,21H,15-17H2,1-6H3,(H,33,38). The zero-order valence-electron chi connectivity index (χ0n) is 23.3. The molecular formula is C30H35N5O4. The third kappa shape index (κ3) is 6.08. The summed E-state index contributed by atoms with van der Waals surface area (Å²) in [5, 5.41) is 3.03. The molecule has 0 spiro atoms. The molecule has 0 saturated carbocycles. The minimum atomic E-state index is -0.634. The maximum atomic E-state index is 13.9. The Morgan fingerprint density at radius 1 is 0.949 bits per heavy atom. The number of carbonyl (C=O) groups is 3. The van der Waals surface area contributed by atoms with Gasteiger partial charge in [-0.05, 0) is 52.7 Å². The molecule has 0 radical (unpaired) electrons. The quantitative estimate of drug-likeness (QED) is 0.466. The molecular weight excluding hydrogens is 494 g/mol. The van der Waals surface area contributed by atoms with E-state index in [0.717, 1.165) is 22.4 Å². The van der Waals surface area contributed by atoms with Crippen LogP contribution < -0.4 is 5.32 Å². The molecule has 1 fully saturated rings. The Labute approximate surface area is 229 Å². The van der Waals surface area contributed by atoms with Crippen molar-refractivity contribution in [3.05, 3.63) is 76.6 Å². The van der Waals surface area contributed by atoms with Crippen LogP contribution in [0.5, 0.6) is 0 Å². The van der Waals surface area contributed by atoms with Gasteiger partial charge in [0.2, 0.25) is 0 Å². The van der Waals surface area contributed by atoms with Crippen molar-refractivity contribution in [2.45, 2.75) is 53.7 Å². The van der Waals surface area contributed by atoms with Crippen molar-refractivity contribution in [2.24, 2.45) is 0 Å². The molecule has 1 unspecified atom stereocenters. The molecule has 1 aromatic heterocycles. The second-order valence-electron chi connectivity index (χ2n) is 10.2. The second kappa shape index (κ2) is 11.6. The summed E-state index contributed by atoms with van der Waals surface area (Å²) < 4.78 is 5.44. The fourth-order valence-corrected chi connectivity index (χ4v) is 4.75. The third-order valence-corrected chi connectivity index (χ3v) is 6.76. The molecule has 4 rings (SSSR count). The molecule has 9 heteroatoms. The Morgan fingerprint density at radius 3 is 2.23 bits per heavy atom. The molecule has 3 aromatic rings. The van der Waals surface area contributed by atoms with E-state index in [2.05, 4.69) is 15.3 Å². The fraction of sp³-hybridized carbons (Fsp3) is 0.367. The van der Waals surface area contributed by atoms with Gasteiger partial charge in [0.25, 0.3) is 5.91 Å². The second-order valence-corrected chi connectivity index (χ2v) is 10.2. The lowest BCUT2D eigenvalue weighted by Crippen LogP contribution is -2.56. The summed E-state index contributed by atoms with van der Waals surface area (Å²) in [5.74, 6) is -0.669. The van der Waals surface area contributed by atoms with Crippen LogP contribution in [0.25, 0.3) is 11.4 Å². The Bertz CT molecular complexity index is 1370. The molecule has 0 aliphatic carbocycles. The molecule has 1 aliphatic heterocycles. The minimum Gasteiger partial charge on any atom is -0.459 e. The smallest absolute Gasteiger partial charge is 0.342 e. The molecule has 3 amide bonds. The molecule has 1 atom stereocenters. The van der Waals surface area contributed by atoms with Crippen LogP contribution >= 0.6 is 0 Å². The van der Waals surface area contributed by atoms with E-state index in [1.54, 1.807) is 30.6 Å². The third-order valence-electron chi connectivity index (χ3n) is 6.76. The van der Waals surface area contributed by atoms with Crippen LogP contribution in [0.2, 0.25) is 0 Å². The zero-order valence-corrected chi connectivity index (χ0v) is 23.3. The summed E-state index contributed by atoms with van der Waals surface area (Å²) >= 11 is 0. The maximum absolute atomic E-state index is 13.9. The van der Waals surface area contributed by atoms with Crippen LogP contribution in [0.15, 0.2) is 48.5 Å². The van der Waals surface area contributed by atoms with E-state index in [4.69, 9.17) is 4.74 Å². The number of hydrogen-bond acceptors (Lipinski definition) is 6. The molecule has 9 nitrogen and oxygen atoms in total. The first-order valence-electron chi connectivity index (χ1n) is 13.1. The van der Waals surface area contributed by atoms with E-state index >= 15 is 0 Å². The lowest BCUT2D eigenvalue weighted by molar-refractivity contribution is 0.0367. The van der Waals surface area contributed by atoms with Gasteiger partial charge in [0.1, 0.15) is 11.3 Å². The average molecular weight is 530 g/mol. The molecule has 1 N–H and O–H groups in total. The number of benzene rings is 2. The zero-order chi connectivity index (χ0) is 28.3. The summed E-state index contributed by atoms with van der Waals surface area (Å²) in [6.45, 7) is 11.9. The number of piperazine rings is 1. The van der Waals surface area contributed by atoms with Gasteiger partial charge < -0.3 is 19.9 Å². The molecule has 1 saturated heterocycles. The van der Waals surface area contributed by atoms with Gasteiger partial charge in [-0.1, -0.05) is 48.5 Å². The van der Waals surface area contributed by atoms with Crippen LogP contribution in [0.4, 0.5) is 10.5 Å². The number of para-hydroxylation sites is 1. The van der Waals surface area contributed by atoms with E-state index in [1.807, 2.05) is 69.3 Å². The van der Waals surface area contributed by atoms with E-state index in [9.17, 15) is 14.4 Å². The number of carbonyl (C=O) groups excluding carboxylic acids is 3. The van der Waals surface area contributed by atoms with Crippen molar-refractivity contribution in [1.82, 2.24) is 19.8 Å². The molecule has 39 heavy (non-hydrogen) atoms. The highest BCUT2D eigenvalue weighted by molar-refractivity contribution is 6.05. The average Bonchev–Trinajstić information content (AvgIpc) is 2.89. The van der Waals surface area contributed by atoms with Crippen LogP contribution in [-0.2, 0) is 4.74 Å². The number of ether oxygens (including phenoxy) is 1. The maximum Gasteiger partial charge on any atom is 0.342 e. The number of rotatable bonds is 5. The highest BCUT2D eigenvalue weighted by atomic mass is 16.5. The Balaban J connectivity index is 1.59. The van der Waals surface area contributed by atoms with Crippen LogP contribution in [0.3, 0.4) is 0 Å². The molecule has 1 aliphatic rings. The number of aromatic nitrogens is 2. The number of amides is 3. The van der Waals surface area contributed by atoms with Crippen molar-refractivity contribution in [3.63, 3.8) is 0 Å². The molecule has 0 bridgehead atoms. The molecule has 2 heterocycles. The van der Waals surface area contributed by atoms with Crippen LogP contribution in [0, 0.1) is 20.8 Å². The summed E-state index contributed by atoms with van der Waals surface area (Å²) in [7, 11) is 0. The summed E-state index contributed by atoms with van der Waals surface area (Å²) in [4.78, 5) is 52.5. The van der Waals surface area contributed by atoms with Crippen molar-refractivity contribution in [1.29, 1.82) is 0 Å². The normalized spacial score (nSPS) is 15.3. The van der Waals surface area contributed by atoms with E-state index in [0.29, 0.717) is 31.2 Å². The van der Waals surface area contributed by atoms with Gasteiger partial charge in [-0.25, -0.2) is 19.6 Å². The monoisotopic (exact) mass is 529 g/mol. The SMILES string of the molecule is Cc1cccc(C)c1NC(=O)N1CCN(C(=O)c2nc(-c3ccccc3)nc(C)c2C(=O)OC(C)C)CC1C. The summed E-state index contributed by atoms with van der Waals surface area (Å²) in [6.07, 6.45) is -0.368. The predicted octanol–water partition coefficient (Wildman–Crippen LogP) is 5.01. The van der Waals surface area contributed by atoms with E-state index < -0.39 is 11.9 Å². The van der Waals surface area contributed by atoms with Crippen molar-refractivity contribution in [2.75, 3.05) is 25.0 Å². The Morgan fingerprint density at radius 2 is 1.62 bits per heavy atom. The van der Waals surface area contributed by atoms with Crippen molar-refractivity contribution >= 4 is 23.6 Å². The van der Waals surface area contributed by atoms with Gasteiger partial charge in [-0.3, -0.25) is 4.79 Å².